The van der Waals surface area contributed by atoms with Crippen LogP contribution in [-0.4, -0.2) is 150 Å². The summed E-state index contributed by atoms with van der Waals surface area (Å²) in [4.78, 5) is 132. The van der Waals surface area contributed by atoms with Crippen LogP contribution in [0.2, 0.25) is 0 Å². The molecule has 2 rings (SSSR count). The molecule has 0 aromatic heterocycles. The van der Waals surface area contributed by atoms with E-state index in [2.05, 4.69) is 22.6 Å². The van der Waals surface area contributed by atoms with E-state index in [1.165, 1.54) is 0 Å². The SMILES string of the molecule is C[C@@H]1[C@@H](OP(=O)(O)O)[C@@H](OP(=O)(O)O)[C@@H](OP(=O)(O)O)[C@H](OP(=O)(O)O)[C@H]1OCCOCCO[C@H]1[C@H](C)[C@@H](OP(=O)(O)O)[C@@H](OP(=O)(O)O)[C@@H](C)[C@@H]1OP(=O)(O)O. The number of hydrogen-bond acceptors (Lipinski definition) is 17. The smallest absolute Gasteiger partial charge is 0.377 e. The van der Waals surface area contributed by atoms with Crippen LogP contribution in [0.3, 0.4) is 0 Å². The largest absolute Gasteiger partial charge is 0.470 e. The summed E-state index contributed by atoms with van der Waals surface area (Å²) in [5.74, 6) is -4.57. The predicted octanol–water partition coefficient (Wildman–Crippen LogP) is -1.95. The van der Waals surface area contributed by atoms with E-state index in [4.69, 9.17) is 23.3 Å². The van der Waals surface area contributed by atoms with Gasteiger partial charge in [0.05, 0.1) is 38.6 Å². The molecular formula is C19H43O31P7. The van der Waals surface area contributed by atoms with E-state index in [1.807, 2.05) is 0 Å². The lowest BCUT2D eigenvalue weighted by molar-refractivity contribution is -0.202. The maximum absolute atomic E-state index is 11.9. The number of ether oxygens (including phenoxy) is 3. The maximum Gasteiger partial charge on any atom is 0.470 e. The third kappa shape index (κ3) is 19.3. The Bertz CT molecular complexity index is 1650. The first-order chi connectivity index (χ1) is 25.4. The van der Waals surface area contributed by atoms with Crippen LogP contribution >= 0.6 is 54.8 Å². The zero-order chi connectivity index (χ0) is 44.3. The van der Waals surface area contributed by atoms with E-state index >= 15 is 0 Å². The lowest BCUT2D eigenvalue weighted by Gasteiger charge is -2.48. The summed E-state index contributed by atoms with van der Waals surface area (Å²) >= 11 is 0. The highest BCUT2D eigenvalue weighted by Crippen LogP contribution is 2.55. The molecule has 0 aliphatic heterocycles. The quantitative estimate of drug-likeness (QED) is 0.0414. The van der Waals surface area contributed by atoms with E-state index in [9.17, 15) is 100 Å². The van der Waals surface area contributed by atoms with Gasteiger partial charge in [-0.2, -0.15) is 0 Å². The van der Waals surface area contributed by atoms with Crippen LogP contribution in [0.25, 0.3) is 0 Å². The molecule has 2 aliphatic carbocycles. The molecule has 2 saturated carbocycles. The highest BCUT2D eigenvalue weighted by atomic mass is 31.2. The van der Waals surface area contributed by atoms with Gasteiger partial charge < -0.3 is 82.7 Å². The van der Waals surface area contributed by atoms with Gasteiger partial charge in [0.25, 0.3) is 0 Å². The van der Waals surface area contributed by atoms with Crippen molar-refractivity contribution in [3.05, 3.63) is 0 Å². The van der Waals surface area contributed by atoms with Crippen molar-refractivity contribution in [3.8, 4) is 0 Å². The molecule has 31 nitrogen and oxygen atoms in total. The molecule has 12 atom stereocenters. The molecule has 0 bridgehead atoms. The average molecular weight is 984 g/mol. The van der Waals surface area contributed by atoms with Crippen molar-refractivity contribution in [1.29, 1.82) is 0 Å². The summed E-state index contributed by atoms with van der Waals surface area (Å²) in [5, 5.41) is 0. The van der Waals surface area contributed by atoms with Crippen molar-refractivity contribution >= 4 is 54.8 Å². The monoisotopic (exact) mass is 984 g/mol. The number of phosphoric acid groups is 7. The summed E-state index contributed by atoms with van der Waals surface area (Å²) in [7, 11) is -39.2. The Morgan fingerprint density at radius 1 is 0.298 bits per heavy atom. The van der Waals surface area contributed by atoms with Crippen molar-refractivity contribution < 1.29 is 146 Å². The molecule has 0 aromatic carbocycles. The fourth-order valence-corrected chi connectivity index (χ4v) is 10.3. The van der Waals surface area contributed by atoms with E-state index in [-0.39, 0.29) is 0 Å². The van der Waals surface area contributed by atoms with Crippen molar-refractivity contribution in [2.24, 2.45) is 17.8 Å². The van der Waals surface area contributed by atoms with E-state index in [1.54, 1.807) is 0 Å². The topological polar surface area (TPSA) is 495 Å². The molecule has 0 saturated heterocycles. The first-order valence-electron chi connectivity index (χ1n) is 15.4. The summed E-state index contributed by atoms with van der Waals surface area (Å²) in [5.41, 5.74) is 0. The van der Waals surface area contributed by atoms with Gasteiger partial charge in [0.2, 0.25) is 0 Å². The van der Waals surface area contributed by atoms with Crippen molar-refractivity contribution in [2.45, 2.75) is 75.7 Å². The second-order valence-electron chi connectivity index (χ2n) is 12.3. The van der Waals surface area contributed by atoms with Crippen LogP contribution in [0.15, 0.2) is 0 Å². The maximum atomic E-state index is 11.9. The third-order valence-corrected chi connectivity index (χ3v) is 11.6. The Morgan fingerprint density at radius 3 is 0.754 bits per heavy atom. The van der Waals surface area contributed by atoms with Gasteiger partial charge in [-0.05, 0) is 0 Å². The molecule has 38 heteroatoms. The van der Waals surface area contributed by atoms with Gasteiger partial charge in [0, 0.05) is 17.8 Å². The standard InChI is InChI=1S/C19H43O31P7/c1-8-11(13(44-51(20,21)22)10(3)15(46-53(26,27)28)14(8)45-52(23,24)25)42-6-4-41-5-7-43-12-9(2)16(47-54(29,30)31)18(49-56(35,36)37)19(50-57(38,39)40)17(12)48-55(32,33)34/h8-19H,4-7H2,1-3H3,(H2,20,21,22)(H2,23,24,25)(H2,26,27,28)(H2,29,30,31)(H2,32,33,34)(H2,35,36,37)(H2,38,39,40)/t8-,9-,10-,11-,12-,13-,14+,15-,16+,17+,18+,19-/m0/s1. The molecule has 0 aromatic rings. The second-order valence-corrected chi connectivity index (χ2v) is 20.6. The van der Waals surface area contributed by atoms with E-state index in [0.717, 1.165) is 20.8 Å². The Morgan fingerprint density at radius 2 is 0.474 bits per heavy atom. The molecule has 14 N–H and O–H groups in total. The van der Waals surface area contributed by atoms with Crippen molar-refractivity contribution in [3.63, 3.8) is 0 Å². The minimum atomic E-state index is -5.82. The number of phosphoric ester groups is 7. The minimum absolute atomic E-state index is 0.481. The molecule has 0 spiro atoms. The molecule has 57 heavy (non-hydrogen) atoms. The van der Waals surface area contributed by atoms with Crippen LogP contribution in [0.5, 0.6) is 0 Å². The van der Waals surface area contributed by atoms with Crippen molar-refractivity contribution in [1.82, 2.24) is 0 Å². The minimum Gasteiger partial charge on any atom is -0.377 e. The highest BCUT2D eigenvalue weighted by Gasteiger charge is 2.59. The Labute approximate surface area is 320 Å². The normalized spacial score (nSPS) is 32.7. The summed E-state index contributed by atoms with van der Waals surface area (Å²) in [6.07, 6.45) is -19.2. The molecule has 2 fully saturated rings. The van der Waals surface area contributed by atoms with Gasteiger partial charge in [0.15, 0.2) is 0 Å². The molecule has 340 valence electrons. The van der Waals surface area contributed by atoms with Crippen LogP contribution in [-0.2, 0) is 77.8 Å². The van der Waals surface area contributed by atoms with Gasteiger partial charge in [-0.1, -0.05) is 20.8 Å². The van der Waals surface area contributed by atoms with E-state index < -0.39 is 154 Å². The number of hydrogen-bond donors (Lipinski definition) is 14. The fourth-order valence-electron chi connectivity index (χ4n) is 6.09. The van der Waals surface area contributed by atoms with Gasteiger partial charge in [-0.15, -0.1) is 0 Å². The first kappa shape index (κ1) is 53.8. The van der Waals surface area contributed by atoms with Gasteiger partial charge in [0.1, 0.15) is 42.7 Å². The summed E-state index contributed by atoms with van der Waals surface area (Å²) in [6.45, 7) is 0.969. The Kier molecular flexibility index (Phi) is 19.3. The summed E-state index contributed by atoms with van der Waals surface area (Å²) in [6, 6.07) is 0. The molecular weight excluding hydrogens is 941 g/mol. The molecule has 0 amide bonds. The van der Waals surface area contributed by atoms with Gasteiger partial charge in [-0.3, -0.25) is 31.7 Å². The van der Waals surface area contributed by atoms with Crippen LogP contribution in [0.1, 0.15) is 20.8 Å². The van der Waals surface area contributed by atoms with Gasteiger partial charge >= 0.3 is 54.8 Å². The Hall–Kier alpha value is 0.650. The zero-order valence-electron chi connectivity index (χ0n) is 29.1. The van der Waals surface area contributed by atoms with Crippen LogP contribution < -0.4 is 0 Å². The van der Waals surface area contributed by atoms with Crippen LogP contribution in [0.4, 0.5) is 0 Å². The van der Waals surface area contributed by atoms with Crippen LogP contribution in [0, 0.1) is 17.8 Å². The lowest BCUT2D eigenvalue weighted by Crippen LogP contribution is -2.63. The molecule has 2 aliphatic rings. The van der Waals surface area contributed by atoms with E-state index in [0.29, 0.717) is 0 Å². The van der Waals surface area contributed by atoms with Crippen molar-refractivity contribution in [2.75, 3.05) is 26.4 Å². The second kappa shape index (κ2) is 20.4. The summed E-state index contributed by atoms with van der Waals surface area (Å²) < 4.78 is 131. The highest BCUT2D eigenvalue weighted by molar-refractivity contribution is 7.48. The third-order valence-electron chi connectivity index (χ3n) is 7.94. The molecule has 0 radical (unpaired) electrons. The first-order valence-corrected chi connectivity index (χ1v) is 26.1. The number of rotatable bonds is 22. The zero-order valence-corrected chi connectivity index (χ0v) is 35.3. The van der Waals surface area contributed by atoms with Gasteiger partial charge in [-0.25, -0.2) is 32.0 Å². The lowest BCUT2D eigenvalue weighted by atomic mass is 9.75. The average Bonchev–Trinajstić information content (AvgIpc) is 2.95. The molecule has 0 heterocycles. The molecule has 0 unspecified atom stereocenters. The fraction of sp³-hybridized carbons (Fsp3) is 1.00. The Balaban J connectivity index is 2.30. The predicted molar refractivity (Wildman–Crippen MR) is 176 cm³/mol.